The zero-order valence-corrected chi connectivity index (χ0v) is 13.4. The molecular weight excluding hydrogens is 290 g/mol. The third-order valence-electron chi connectivity index (χ3n) is 4.79. The Bertz CT molecular complexity index is 808. The standard InChI is InChI=1S/C17H21N5O/c1-21-11-19-20-17(21)15-8-14(23-2)10-22(15)9-13-5-3-4-12-6-7-18-16(12)13/h3-7,11,14-15,18H,8-10H2,1-2H3/t14-,15+/m1/s1. The van der Waals surface area contributed by atoms with Crippen LogP contribution >= 0.6 is 0 Å². The highest BCUT2D eigenvalue weighted by Crippen LogP contribution is 2.34. The van der Waals surface area contributed by atoms with Crippen LogP contribution in [0.1, 0.15) is 23.9 Å². The minimum absolute atomic E-state index is 0.234. The van der Waals surface area contributed by atoms with E-state index in [0.717, 1.165) is 25.3 Å². The monoisotopic (exact) mass is 311 g/mol. The second-order valence-corrected chi connectivity index (χ2v) is 6.20. The lowest BCUT2D eigenvalue weighted by Crippen LogP contribution is -2.26. The molecule has 3 heterocycles. The Balaban J connectivity index is 1.65. The van der Waals surface area contributed by atoms with Crippen molar-refractivity contribution in [2.45, 2.75) is 25.1 Å². The third-order valence-corrected chi connectivity index (χ3v) is 4.79. The molecule has 6 heteroatoms. The highest BCUT2D eigenvalue weighted by atomic mass is 16.5. The van der Waals surface area contributed by atoms with E-state index in [0.29, 0.717) is 0 Å². The summed E-state index contributed by atoms with van der Waals surface area (Å²) < 4.78 is 7.62. The summed E-state index contributed by atoms with van der Waals surface area (Å²) in [4.78, 5) is 5.80. The zero-order valence-electron chi connectivity index (χ0n) is 13.4. The number of hydrogen-bond donors (Lipinski definition) is 1. The normalized spacial score (nSPS) is 22.2. The first-order chi connectivity index (χ1) is 11.3. The van der Waals surface area contributed by atoms with Gasteiger partial charge in [-0.05, 0) is 23.4 Å². The van der Waals surface area contributed by atoms with E-state index in [1.807, 2.05) is 17.8 Å². The Morgan fingerprint density at radius 3 is 3.04 bits per heavy atom. The topological polar surface area (TPSA) is 59.0 Å². The van der Waals surface area contributed by atoms with Gasteiger partial charge in [0.15, 0.2) is 0 Å². The number of ether oxygens (including phenoxy) is 1. The Labute approximate surface area is 135 Å². The van der Waals surface area contributed by atoms with E-state index >= 15 is 0 Å². The number of benzene rings is 1. The molecule has 6 nitrogen and oxygen atoms in total. The maximum absolute atomic E-state index is 5.61. The average Bonchev–Trinajstić information content (AvgIpc) is 3.26. The van der Waals surface area contributed by atoms with Crippen molar-refractivity contribution >= 4 is 10.9 Å². The van der Waals surface area contributed by atoms with Crippen LogP contribution in [0.2, 0.25) is 0 Å². The molecule has 120 valence electrons. The van der Waals surface area contributed by atoms with E-state index in [-0.39, 0.29) is 12.1 Å². The minimum Gasteiger partial charge on any atom is -0.380 e. The fourth-order valence-corrected chi connectivity index (χ4v) is 3.57. The number of aromatic nitrogens is 4. The number of aromatic amines is 1. The second-order valence-electron chi connectivity index (χ2n) is 6.20. The number of H-pyrrole nitrogens is 1. The molecule has 0 saturated carbocycles. The van der Waals surface area contributed by atoms with Crippen molar-refractivity contribution in [3.05, 3.63) is 48.2 Å². The Morgan fingerprint density at radius 1 is 1.35 bits per heavy atom. The van der Waals surface area contributed by atoms with E-state index in [1.165, 1.54) is 16.5 Å². The van der Waals surface area contributed by atoms with Gasteiger partial charge < -0.3 is 14.3 Å². The molecule has 0 bridgehead atoms. The first-order valence-electron chi connectivity index (χ1n) is 7.92. The number of rotatable bonds is 4. The van der Waals surface area contributed by atoms with Gasteiger partial charge in [-0.15, -0.1) is 10.2 Å². The summed E-state index contributed by atoms with van der Waals surface area (Å²) in [5.41, 5.74) is 2.52. The molecule has 3 aromatic rings. The number of methoxy groups -OCH3 is 1. The van der Waals surface area contributed by atoms with E-state index in [4.69, 9.17) is 4.74 Å². The van der Waals surface area contributed by atoms with Gasteiger partial charge in [-0.1, -0.05) is 18.2 Å². The maximum Gasteiger partial charge on any atom is 0.150 e. The largest absolute Gasteiger partial charge is 0.380 e. The molecule has 2 aromatic heterocycles. The van der Waals surface area contributed by atoms with Crippen molar-refractivity contribution in [2.24, 2.45) is 7.05 Å². The van der Waals surface area contributed by atoms with E-state index < -0.39 is 0 Å². The summed E-state index contributed by atoms with van der Waals surface area (Å²) in [6.45, 7) is 1.78. The number of nitrogens with one attached hydrogen (secondary N) is 1. The molecule has 0 radical (unpaired) electrons. The van der Waals surface area contributed by atoms with Crippen LogP contribution < -0.4 is 0 Å². The van der Waals surface area contributed by atoms with Crippen molar-refractivity contribution in [2.75, 3.05) is 13.7 Å². The highest BCUT2D eigenvalue weighted by Gasteiger charge is 2.35. The smallest absolute Gasteiger partial charge is 0.150 e. The first-order valence-corrected chi connectivity index (χ1v) is 7.92. The maximum atomic E-state index is 5.61. The van der Waals surface area contributed by atoms with Gasteiger partial charge >= 0.3 is 0 Å². The minimum atomic E-state index is 0.234. The molecule has 1 aliphatic heterocycles. The van der Waals surface area contributed by atoms with Crippen LogP contribution in [0.15, 0.2) is 36.8 Å². The fourth-order valence-electron chi connectivity index (χ4n) is 3.57. The summed E-state index contributed by atoms with van der Waals surface area (Å²) in [7, 11) is 3.78. The number of hydrogen-bond acceptors (Lipinski definition) is 4. The molecule has 1 fully saturated rings. The number of nitrogens with zero attached hydrogens (tertiary/aromatic N) is 4. The zero-order chi connectivity index (χ0) is 15.8. The Kier molecular flexibility index (Phi) is 3.63. The number of para-hydroxylation sites is 1. The summed E-state index contributed by atoms with van der Waals surface area (Å²) in [6, 6.07) is 8.79. The van der Waals surface area contributed by atoms with Gasteiger partial charge in [-0.2, -0.15) is 0 Å². The average molecular weight is 311 g/mol. The van der Waals surface area contributed by atoms with Gasteiger partial charge in [0.25, 0.3) is 0 Å². The van der Waals surface area contributed by atoms with Gasteiger partial charge in [-0.3, -0.25) is 4.90 Å². The molecule has 0 amide bonds. The lowest BCUT2D eigenvalue weighted by Gasteiger charge is -2.23. The molecular formula is C17H21N5O. The van der Waals surface area contributed by atoms with Crippen LogP contribution in [0.3, 0.4) is 0 Å². The predicted molar refractivity (Wildman–Crippen MR) is 87.9 cm³/mol. The molecule has 2 atom stereocenters. The second kappa shape index (κ2) is 5.79. The molecule has 0 unspecified atom stereocenters. The molecule has 1 N–H and O–H groups in total. The van der Waals surface area contributed by atoms with Gasteiger partial charge in [0.05, 0.1) is 12.1 Å². The molecule has 23 heavy (non-hydrogen) atoms. The summed E-state index contributed by atoms with van der Waals surface area (Å²) in [5.74, 6) is 1.00. The molecule has 0 aliphatic carbocycles. The van der Waals surface area contributed by atoms with Crippen molar-refractivity contribution < 1.29 is 4.74 Å². The summed E-state index contributed by atoms with van der Waals surface area (Å²) in [5, 5.41) is 9.61. The number of aryl methyl sites for hydroxylation is 1. The third kappa shape index (κ3) is 2.54. The van der Waals surface area contributed by atoms with Crippen LogP contribution in [0.5, 0.6) is 0 Å². The highest BCUT2D eigenvalue weighted by molar-refractivity contribution is 5.82. The van der Waals surface area contributed by atoms with Gasteiger partial charge in [0.2, 0.25) is 0 Å². The van der Waals surface area contributed by atoms with Gasteiger partial charge in [-0.25, -0.2) is 0 Å². The summed E-state index contributed by atoms with van der Waals surface area (Å²) in [6.07, 6.45) is 4.94. The van der Waals surface area contributed by atoms with Crippen LogP contribution in [0.25, 0.3) is 10.9 Å². The Hall–Kier alpha value is -2.18. The fraction of sp³-hybridized carbons (Fsp3) is 0.412. The molecule has 0 spiro atoms. The van der Waals surface area contributed by atoms with Crippen LogP contribution in [-0.2, 0) is 18.3 Å². The van der Waals surface area contributed by atoms with Gasteiger partial charge in [0, 0.05) is 39.0 Å². The molecule has 4 rings (SSSR count). The van der Waals surface area contributed by atoms with E-state index in [9.17, 15) is 0 Å². The molecule has 1 aromatic carbocycles. The van der Waals surface area contributed by atoms with E-state index in [2.05, 4.69) is 44.3 Å². The number of likely N-dealkylation sites (tertiary alicyclic amines) is 1. The predicted octanol–water partition coefficient (Wildman–Crippen LogP) is 2.26. The van der Waals surface area contributed by atoms with Crippen molar-refractivity contribution in [1.29, 1.82) is 0 Å². The molecule has 1 aliphatic rings. The van der Waals surface area contributed by atoms with Crippen molar-refractivity contribution in [3.8, 4) is 0 Å². The van der Waals surface area contributed by atoms with Crippen molar-refractivity contribution in [1.82, 2.24) is 24.6 Å². The van der Waals surface area contributed by atoms with Crippen LogP contribution in [-0.4, -0.2) is 44.4 Å². The first kappa shape index (κ1) is 14.4. The van der Waals surface area contributed by atoms with Crippen molar-refractivity contribution in [3.63, 3.8) is 0 Å². The lowest BCUT2D eigenvalue weighted by atomic mass is 10.1. The van der Waals surface area contributed by atoms with Crippen LogP contribution in [0.4, 0.5) is 0 Å². The van der Waals surface area contributed by atoms with E-state index in [1.54, 1.807) is 13.4 Å². The Morgan fingerprint density at radius 2 is 2.26 bits per heavy atom. The lowest BCUT2D eigenvalue weighted by molar-refractivity contribution is 0.107. The quantitative estimate of drug-likeness (QED) is 0.803. The number of fused-ring (bicyclic) bond motifs is 1. The SMILES string of the molecule is CO[C@@H]1C[C@@H](c2nncn2C)N(Cc2cccc3cc[nH]c23)C1. The summed E-state index contributed by atoms with van der Waals surface area (Å²) >= 11 is 0. The molecule has 1 saturated heterocycles. The van der Waals surface area contributed by atoms with Gasteiger partial charge in [0.1, 0.15) is 12.2 Å². The van der Waals surface area contributed by atoms with Crippen LogP contribution in [0, 0.1) is 0 Å².